The molecular formula is C20H25N5O2. The molecule has 0 aliphatic carbocycles. The SMILES string of the molecule is Cc1cccc(N2CCN(c3ncc(C(=O)N4CCOCC4)cn3)CC2)c1. The van der Waals surface area contributed by atoms with Gasteiger partial charge < -0.3 is 19.4 Å². The number of benzene rings is 1. The summed E-state index contributed by atoms with van der Waals surface area (Å²) in [7, 11) is 0. The van der Waals surface area contributed by atoms with Crippen molar-refractivity contribution in [1.82, 2.24) is 14.9 Å². The third-order valence-electron chi connectivity index (χ3n) is 5.11. The van der Waals surface area contributed by atoms with E-state index in [0.717, 1.165) is 26.2 Å². The van der Waals surface area contributed by atoms with E-state index in [2.05, 4.69) is 51.0 Å². The molecule has 2 saturated heterocycles. The van der Waals surface area contributed by atoms with Crippen LogP contribution in [0.1, 0.15) is 15.9 Å². The van der Waals surface area contributed by atoms with Gasteiger partial charge in [-0.05, 0) is 24.6 Å². The smallest absolute Gasteiger partial charge is 0.257 e. The molecule has 27 heavy (non-hydrogen) atoms. The van der Waals surface area contributed by atoms with Gasteiger partial charge in [0.2, 0.25) is 5.95 Å². The van der Waals surface area contributed by atoms with Crippen LogP contribution in [0.5, 0.6) is 0 Å². The number of morpholine rings is 1. The highest BCUT2D eigenvalue weighted by Gasteiger charge is 2.22. The number of hydrogen-bond acceptors (Lipinski definition) is 6. The minimum absolute atomic E-state index is 0.0193. The highest BCUT2D eigenvalue weighted by Crippen LogP contribution is 2.19. The fourth-order valence-corrected chi connectivity index (χ4v) is 3.53. The number of aromatic nitrogens is 2. The lowest BCUT2D eigenvalue weighted by molar-refractivity contribution is 0.0302. The van der Waals surface area contributed by atoms with Crippen molar-refractivity contribution in [3.8, 4) is 0 Å². The van der Waals surface area contributed by atoms with Crippen LogP contribution in [-0.4, -0.2) is 73.3 Å². The van der Waals surface area contributed by atoms with Gasteiger partial charge in [0.05, 0.1) is 18.8 Å². The van der Waals surface area contributed by atoms with Crippen LogP contribution in [0.4, 0.5) is 11.6 Å². The Hall–Kier alpha value is -2.67. The van der Waals surface area contributed by atoms with Gasteiger partial charge >= 0.3 is 0 Å². The summed E-state index contributed by atoms with van der Waals surface area (Å²) in [4.78, 5) is 27.7. The van der Waals surface area contributed by atoms with Crippen LogP contribution < -0.4 is 9.80 Å². The molecule has 0 atom stereocenters. The second kappa shape index (κ2) is 7.92. The van der Waals surface area contributed by atoms with Crippen molar-refractivity contribution in [1.29, 1.82) is 0 Å². The Bertz CT molecular complexity index is 781. The Morgan fingerprint density at radius 3 is 2.30 bits per heavy atom. The van der Waals surface area contributed by atoms with Gasteiger partial charge in [-0.15, -0.1) is 0 Å². The number of amides is 1. The monoisotopic (exact) mass is 367 g/mol. The molecule has 142 valence electrons. The first kappa shape index (κ1) is 17.7. The maximum Gasteiger partial charge on any atom is 0.257 e. The Balaban J connectivity index is 1.36. The van der Waals surface area contributed by atoms with E-state index in [4.69, 9.17) is 4.74 Å². The van der Waals surface area contributed by atoms with Crippen LogP contribution in [0.2, 0.25) is 0 Å². The predicted octanol–water partition coefficient (Wildman–Crippen LogP) is 1.58. The fraction of sp³-hybridized carbons (Fsp3) is 0.450. The van der Waals surface area contributed by atoms with Gasteiger partial charge in [-0.3, -0.25) is 4.79 Å². The molecule has 2 aromatic rings. The molecule has 7 heteroatoms. The van der Waals surface area contributed by atoms with E-state index in [-0.39, 0.29) is 5.91 Å². The molecule has 0 N–H and O–H groups in total. The summed E-state index contributed by atoms with van der Waals surface area (Å²) < 4.78 is 5.30. The second-order valence-corrected chi connectivity index (χ2v) is 6.99. The van der Waals surface area contributed by atoms with E-state index < -0.39 is 0 Å². The molecule has 0 bridgehead atoms. The summed E-state index contributed by atoms with van der Waals surface area (Å²) in [6.45, 7) is 8.15. The van der Waals surface area contributed by atoms with Crippen molar-refractivity contribution in [2.75, 3.05) is 62.3 Å². The fourth-order valence-electron chi connectivity index (χ4n) is 3.53. The van der Waals surface area contributed by atoms with Crippen molar-refractivity contribution in [3.05, 3.63) is 47.8 Å². The Labute approximate surface area is 159 Å². The van der Waals surface area contributed by atoms with Crippen LogP contribution >= 0.6 is 0 Å². The van der Waals surface area contributed by atoms with Crippen molar-refractivity contribution in [2.24, 2.45) is 0 Å². The van der Waals surface area contributed by atoms with Gasteiger partial charge in [0.25, 0.3) is 5.91 Å². The van der Waals surface area contributed by atoms with Crippen molar-refractivity contribution < 1.29 is 9.53 Å². The van der Waals surface area contributed by atoms with E-state index in [1.807, 2.05) is 0 Å². The standard InChI is InChI=1S/C20H25N5O2/c1-16-3-2-4-18(13-16)23-5-7-25(8-6-23)20-21-14-17(15-22-20)19(26)24-9-11-27-12-10-24/h2-4,13-15H,5-12H2,1H3. The summed E-state index contributed by atoms with van der Waals surface area (Å²) in [5, 5.41) is 0. The molecule has 0 unspecified atom stereocenters. The molecule has 1 aromatic heterocycles. The number of nitrogens with zero attached hydrogens (tertiary/aromatic N) is 5. The van der Waals surface area contributed by atoms with Gasteiger partial charge in [0.15, 0.2) is 0 Å². The molecule has 1 aromatic carbocycles. The quantitative estimate of drug-likeness (QED) is 0.821. The zero-order valence-electron chi connectivity index (χ0n) is 15.7. The largest absolute Gasteiger partial charge is 0.378 e. The van der Waals surface area contributed by atoms with Gasteiger partial charge in [-0.1, -0.05) is 12.1 Å². The summed E-state index contributed by atoms with van der Waals surface area (Å²) >= 11 is 0. The van der Waals surface area contributed by atoms with Crippen LogP contribution in [0.3, 0.4) is 0 Å². The molecule has 0 spiro atoms. The highest BCUT2D eigenvalue weighted by atomic mass is 16.5. The van der Waals surface area contributed by atoms with E-state index in [1.165, 1.54) is 11.3 Å². The number of piperazine rings is 1. The first-order valence-corrected chi connectivity index (χ1v) is 9.46. The van der Waals surface area contributed by atoms with Crippen molar-refractivity contribution in [2.45, 2.75) is 6.92 Å². The molecule has 0 radical (unpaired) electrons. The van der Waals surface area contributed by atoms with E-state index in [9.17, 15) is 4.79 Å². The minimum atomic E-state index is -0.0193. The summed E-state index contributed by atoms with van der Waals surface area (Å²) in [6.07, 6.45) is 3.29. The number of carbonyl (C=O) groups excluding carboxylic acids is 1. The predicted molar refractivity (Wildman–Crippen MR) is 104 cm³/mol. The normalized spacial score (nSPS) is 17.9. The maximum absolute atomic E-state index is 12.5. The molecule has 1 amide bonds. The Morgan fingerprint density at radius 2 is 1.63 bits per heavy atom. The molecule has 3 heterocycles. The number of anilines is 2. The van der Waals surface area contributed by atoms with Gasteiger partial charge in [0.1, 0.15) is 0 Å². The number of aryl methyl sites for hydroxylation is 1. The third kappa shape index (κ3) is 4.03. The summed E-state index contributed by atoms with van der Waals surface area (Å²) in [5.41, 5.74) is 3.08. The Morgan fingerprint density at radius 1 is 0.963 bits per heavy atom. The minimum Gasteiger partial charge on any atom is -0.378 e. The lowest BCUT2D eigenvalue weighted by Gasteiger charge is -2.36. The van der Waals surface area contributed by atoms with E-state index in [1.54, 1.807) is 17.3 Å². The lowest BCUT2D eigenvalue weighted by Crippen LogP contribution is -2.47. The molecule has 0 saturated carbocycles. The van der Waals surface area contributed by atoms with Crippen LogP contribution in [-0.2, 0) is 4.74 Å². The number of ether oxygens (including phenoxy) is 1. The molecular weight excluding hydrogens is 342 g/mol. The third-order valence-corrected chi connectivity index (χ3v) is 5.11. The zero-order valence-corrected chi connectivity index (χ0v) is 15.7. The van der Waals surface area contributed by atoms with Crippen LogP contribution in [0, 0.1) is 6.92 Å². The second-order valence-electron chi connectivity index (χ2n) is 6.99. The maximum atomic E-state index is 12.5. The van der Waals surface area contributed by atoms with Crippen molar-refractivity contribution >= 4 is 17.5 Å². The van der Waals surface area contributed by atoms with E-state index in [0.29, 0.717) is 37.8 Å². The lowest BCUT2D eigenvalue weighted by atomic mass is 10.2. The summed E-state index contributed by atoms with van der Waals surface area (Å²) in [5.74, 6) is 0.673. The molecule has 2 fully saturated rings. The average molecular weight is 367 g/mol. The number of carbonyl (C=O) groups is 1. The first-order valence-electron chi connectivity index (χ1n) is 9.46. The number of rotatable bonds is 3. The van der Waals surface area contributed by atoms with Crippen LogP contribution in [0.15, 0.2) is 36.7 Å². The van der Waals surface area contributed by atoms with Gasteiger partial charge in [-0.25, -0.2) is 9.97 Å². The highest BCUT2D eigenvalue weighted by molar-refractivity contribution is 5.93. The van der Waals surface area contributed by atoms with Crippen LogP contribution in [0.25, 0.3) is 0 Å². The van der Waals surface area contributed by atoms with Gasteiger partial charge in [0, 0.05) is 57.3 Å². The summed E-state index contributed by atoms with van der Waals surface area (Å²) in [6, 6.07) is 8.60. The molecule has 2 aliphatic heterocycles. The van der Waals surface area contributed by atoms with Gasteiger partial charge in [-0.2, -0.15) is 0 Å². The van der Waals surface area contributed by atoms with E-state index >= 15 is 0 Å². The Kier molecular flexibility index (Phi) is 5.20. The topological polar surface area (TPSA) is 61.8 Å². The van der Waals surface area contributed by atoms with Crippen molar-refractivity contribution in [3.63, 3.8) is 0 Å². The molecule has 2 aliphatic rings. The first-order chi connectivity index (χ1) is 13.2. The average Bonchev–Trinajstić information content (AvgIpc) is 2.74. The molecule has 7 nitrogen and oxygen atoms in total. The molecule has 4 rings (SSSR count). The zero-order chi connectivity index (χ0) is 18.6. The number of hydrogen-bond donors (Lipinski definition) is 0.